The maximum absolute atomic E-state index is 14.3. The van der Waals surface area contributed by atoms with Gasteiger partial charge in [0, 0.05) is 144 Å². The van der Waals surface area contributed by atoms with Gasteiger partial charge in [-0.2, -0.15) is 0 Å². The number of unbranched alkanes of at least 4 members (excludes halogenated alkanes) is 13. The maximum Gasteiger partial charge on any atom is 0.407 e. The van der Waals surface area contributed by atoms with Crippen molar-refractivity contribution >= 4 is 83.1 Å². The van der Waals surface area contributed by atoms with E-state index in [0.717, 1.165) is 127 Å². The number of likely N-dealkylation sites (tertiary alicyclic amines) is 1. The molecule has 0 aromatic rings. The summed E-state index contributed by atoms with van der Waals surface area (Å²) in [5.74, 6) is -1.40. The molecule has 4 aliphatic rings. The highest BCUT2D eigenvalue weighted by molar-refractivity contribution is 8.77. The van der Waals surface area contributed by atoms with E-state index in [1.807, 2.05) is 0 Å². The summed E-state index contributed by atoms with van der Waals surface area (Å²) in [6, 6.07) is 0.267. The first-order chi connectivity index (χ1) is 62.5. The predicted molar refractivity (Wildman–Crippen MR) is 496 cm³/mol. The van der Waals surface area contributed by atoms with Crippen molar-refractivity contribution in [3.63, 3.8) is 0 Å². The molecule has 4 rings (SSSR count). The van der Waals surface area contributed by atoms with Crippen LogP contribution in [0.15, 0.2) is 0 Å². The number of aliphatic hydroxyl groups is 9. The van der Waals surface area contributed by atoms with Crippen LogP contribution in [0.25, 0.3) is 0 Å². The van der Waals surface area contributed by atoms with Crippen LogP contribution in [0.5, 0.6) is 0 Å². The summed E-state index contributed by atoms with van der Waals surface area (Å²) in [5, 5.41) is 98.5. The monoisotopic (exact) mass is 1920 g/mol. The molecule has 4 aliphatic heterocycles. The Bertz CT molecular complexity index is 2860. The van der Waals surface area contributed by atoms with Crippen molar-refractivity contribution in [2.45, 2.75) is 376 Å². The van der Waals surface area contributed by atoms with Crippen LogP contribution in [0.2, 0.25) is 0 Å². The van der Waals surface area contributed by atoms with Gasteiger partial charge in [-0.25, -0.2) is 4.79 Å². The SMILES string of the molecule is COC[C@H]1C[C@H](OC)CN1C(=P)CCCCC(=O)CCC(C)(C)SSCCOCCOCCC(=O)CC(CCCOC(=O)CCCCCCCNC(=O)CCCOC1OC(CO)C(O)C(O)C1C)(CCCOC(=O)CCCCCCCNC(=O)CCCOC1OC(CO)C(O)C(O)C1C)CCCOC(=O)NCCCCCCCC(=O)CCCOC1OC(CO)C(O)C(O)C1C. The second kappa shape index (κ2) is 70.8. The zero-order valence-electron chi connectivity index (χ0n) is 79.2. The molecular formula is C93H167N4O30PS2. The summed E-state index contributed by atoms with van der Waals surface area (Å²) in [6.45, 7) is 13.0. The number of hydrogen-bond acceptors (Lipinski definition) is 32. The molecule has 0 spiro atoms. The number of amides is 3. The number of carbonyl (C=O) groups excluding carboxylic acids is 8. The van der Waals surface area contributed by atoms with Gasteiger partial charge in [-0.05, 0) is 148 Å². The fourth-order valence-electron chi connectivity index (χ4n) is 16.5. The van der Waals surface area contributed by atoms with E-state index in [-0.39, 0.29) is 149 Å². The Balaban J connectivity index is 1.25. The average molecular weight is 1920 g/mol. The highest BCUT2D eigenvalue weighted by atomic mass is 33.1. The maximum atomic E-state index is 14.3. The van der Waals surface area contributed by atoms with E-state index in [1.54, 1.807) is 56.6 Å². The minimum absolute atomic E-state index is 0.0394. The lowest BCUT2D eigenvalue weighted by molar-refractivity contribution is -0.282. The molecule has 37 heteroatoms. The molecule has 4 fully saturated rings. The summed E-state index contributed by atoms with van der Waals surface area (Å²) in [4.78, 5) is 107. The van der Waals surface area contributed by atoms with E-state index >= 15 is 0 Å². The topological polar surface area (TPSA) is 478 Å². The molecule has 4 saturated heterocycles. The lowest BCUT2D eigenvalue weighted by atomic mass is 9.71. The number of ether oxygens (including phenoxy) is 13. The minimum Gasteiger partial charge on any atom is -0.466 e. The first kappa shape index (κ1) is 119. The number of nitrogens with one attached hydrogen (secondary N) is 3. The number of esters is 2. The summed E-state index contributed by atoms with van der Waals surface area (Å²) in [6.07, 6.45) is 10.2. The highest BCUT2D eigenvalue weighted by Gasteiger charge is 2.46. The fourth-order valence-corrected chi connectivity index (χ4v) is 19.3. The lowest BCUT2D eigenvalue weighted by Crippen LogP contribution is -2.55. The first-order valence-electron chi connectivity index (χ1n) is 48.4. The number of alkyl carbamates (subject to hydrolysis) is 1. The molecule has 0 aromatic carbocycles. The number of carbonyl (C=O) groups is 8. The van der Waals surface area contributed by atoms with Gasteiger partial charge in [-0.15, -0.1) is 8.86 Å². The second-order valence-corrected chi connectivity index (χ2v) is 39.8. The van der Waals surface area contributed by atoms with Gasteiger partial charge in [0.25, 0.3) is 0 Å². The zero-order valence-corrected chi connectivity index (χ0v) is 81.8. The zero-order chi connectivity index (χ0) is 95.3. The van der Waals surface area contributed by atoms with E-state index in [2.05, 4.69) is 43.6 Å². The molecular weight excluding hydrogens is 1750 g/mol. The Morgan fingerprint density at radius 3 is 1.28 bits per heavy atom. The van der Waals surface area contributed by atoms with Crippen LogP contribution in [-0.4, -0.2) is 333 Å². The van der Waals surface area contributed by atoms with Crippen molar-refractivity contribution in [1.82, 2.24) is 20.9 Å². The number of methoxy groups -OCH3 is 2. The molecule has 0 saturated carbocycles. The Labute approximate surface area is 783 Å². The molecule has 12 N–H and O–H groups in total. The van der Waals surface area contributed by atoms with Gasteiger partial charge >= 0.3 is 18.0 Å². The summed E-state index contributed by atoms with van der Waals surface area (Å²) in [5.41, 5.74) is 0.457. The number of nitrogens with zero attached hydrogens (tertiary/aromatic N) is 1. The number of ketones is 3. The van der Waals surface area contributed by atoms with E-state index in [9.17, 15) is 84.3 Å². The second-order valence-electron chi connectivity index (χ2n) is 36.1. The van der Waals surface area contributed by atoms with Gasteiger partial charge in [-0.3, -0.25) is 38.5 Å². The lowest BCUT2D eigenvalue weighted by Gasteiger charge is -2.40. The van der Waals surface area contributed by atoms with Crippen LogP contribution >= 0.6 is 30.5 Å². The Hall–Kier alpha value is -3.77. The number of Topliss-reactive ketones (excluding diaryl/α,β-unsaturated/α-hetero) is 3. The number of hydrogen-bond donors (Lipinski definition) is 12. The molecule has 3 amide bonds. The van der Waals surface area contributed by atoms with Crippen LogP contribution in [-0.2, 0) is 95.1 Å². The minimum atomic E-state index is -1.22. The molecule has 130 heavy (non-hydrogen) atoms. The third-order valence-electron chi connectivity index (χ3n) is 24.7. The van der Waals surface area contributed by atoms with Crippen molar-refractivity contribution in [2.75, 3.05) is 139 Å². The Morgan fingerprint density at radius 1 is 0.423 bits per heavy atom. The largest absolute Gasteiger partial charge is 0.466 e. The third-order valence-corrected chi connectivity index (χ3v) is 28.5. The van der Waals surface area contributed by atoms with Crippen LogP contribution < -0.4 is 16.0 Å². The Morgan fingerprint density at radius 2 is 0.823 bits per heavy atom. The standard InChI is InChI=1S/C93H167N4O30PS2/c1-66-82(108)85(111)74(62-98)125-88(66)121-48-25-33-70(101)31-17-11-8-16-24-47-96-91(114)124-53-30-43-93(41-28-51-119-80(106)37-18-12-9-14-22-45-94-77(104)34-26-49-122-89-67(2)83(109)86(112)75(63-99)126-89,42-29-52-120-81(107)38-19-13-10-15-23-46-95-78(105)35-27-50-123-90-68(3)84(110)87(113)76(64-100)127-90)60-72(103)40-54-117-55-56-118-57-58-129-130-92(4,5)44-39-71(102)32-20-21-36-79(128)97-61-73(116-7)59-69(97)65-115-6/h66-69,73-76,82-90,98-100,108-113,128H,8-65H2,1-7H3,(H,94,104)(H,95,105)(H,96,114)/t66?,67?,68?,69-,73+,74?,75?,76?,82?,83?,84?,85?,86?,87?,88?,89?,90?,93?/m1/s1. The van der Waals surface area contributed by atoms with Crippen molar-refractivity contribution < 1.29 is 146 Å². The fraction of sp³-hybridized carbons (Fsp3) is 0.903. The van der Waals surface area contributed by atoms with Crippen molar-refractivity contribution in [3.8, 4) is 0 Å². The Kier molecular flexibility index (Phi) is 64.5. The molecule has 756 valence electrons. The van der Waals surface area contributed by atoms with Crippen molar-refractivity contribution in [3.05, 3.63) is 0 Å². The van der Waals surface area contributed by atoms with Gasteiger partial charge in [0.2, 0.25) is 11.8 Å². The normalized spacial score (nSPS) is 24.7. The van der Waals surface area contributed by atoms with Gasteiger partial charge in [-0.1, -0.05) is 100 Å². The van der Waals surface area contributed by atoms with Gasteiger partial charge in [0.05, 0.1) is 117 Å². The van der Waals surface area contributed by atoms with Crippen LogP contribution in [0.1, 0.15) is 285 Å². The van der Waals surface area contributed by atoms with Gasteiger partial charge in [0.15, 0.2) is 18.9 Å². The van der Waals surface area contributed by atoms with Crippen LogP contribution in [0, 0.1) is 23.2 Å². The quantitative estimate of drug-likeness (QED) is 0.00887. The molecule has 34 nitrogen and oxygen atoms in total. The average Bonchev–Trinajstić information content (AvgIpc) is 0.931. The van der Waals surface area contributed by atoms with Crippen molar-refractivity contribution in [1.29, 1.82) is 0 Å². The molecule has 15 unspecified atom stereocenters. The third kappa shape index (κ3) is 50.5. The first-order valence-corrected chi connectivity index (χ1v) is 51.2. The van der Waals surface area contributed by atoms with Crippen LogP contribution in [0.3, 0.4) is 0 Å². The van der Waals surface area contributed by atoms with E-state index in [4.69, 9.17) is 61.6 Å². The van der Waals surface area contributed by atoms with Crippen LogP contribution in [0.4, 0.5) is 4.79 Å². The number of rotatable bonds is 79. The highest BCUT2D eigenvalue weighted by Crippen LogP contribution is 2.41. The number of aliphatic hydroxyl groups excluding tert-OH is 9. The molecule has 0 aliphatic carbocycles. The van der Waals surface area contributed by atoms with Gasteiger partial charge in [0.1, 0.15) is 54.0 Å². The summed E-state index contributed by atoms with van der Waals surface area (Å²) in [7, 11) is 10.8. The molecule has 0 radical (unpaired) electrons. The molecule has 0 bridgehead atoms. The van der Waals surface area contributed by atoms with Crippen molar-refractivity contribution in [2.24, 2.45) is 23.2 Å². The molecule has 17 atom stereocenters. The van der Waals surface area contributed by atoms with E-state index in [1.165, 1.54) is 0 Å². The molecule has 0 aromatic heterocycles. The predicted octanol–water partition coefficient (Wildman–Crippen LogP) is 9.03. The van der Waals surface area contributed by atoms with E-state index in [0.29, 0.717) is 142 Å². The van der Waals surface area contributed by atoms with E-state index < -0.39 is 123 Å². The van der Waals surface area contributed by atoms with Gasteiger partial charge < -0.3 is 123 Å². The summed E-state index contributed by atoms with van der Waals surface area (Å²) < 4.78 is 74.1. The summed E-state index contributed by atoms with van der Waals surface area (Å²) >= 11 is 0. The smallest absolute Gasteiger partial charge is 0.407 e. The molecule has 4 heterocycles.